The van der Waals surface area contributed by atoms with E-state index in [1.165, 1.54) is 36.4 Å². The molecular formula is C14H13Cl2F2NO3S2. The van der Waals surface area contributed by atoms with Crippen LogP contribution in [0.15, 0.2) is 40.6 Å². The van der Waals surface area contributed by atoms with Crippen molar-refractivity contribution in [1.29, 1.82) is 0 Å². The number of nitrogens with one attached hydrogen (secondary N) is 1. The molecule has 2 rings (SSSR count). The summed E-state index contributed by atoms with van der Waals surface area (Å²) in [4.78, 5) is 0. The molecule has 24 heavy (non-hydrogen) atoms. The minimum atomic E-state index is -4.08. The van der Waals surface area contributed by atoms with Gasteiger partial charge < -0.3 is 5.11 Å². The van der Waals surface area contributed by atoms with Crippen LogP contribution in [0, 0.1) is 0 Å². The van der Waals surface area contributed by atoms with E-state index in [-0.39, 0.29) is 14.1 Å². The first kappa shape index (κ1) is 19.6. The van der Waals surface area contributed by atoms with Crippen LogP contribution in [0.2, 0.25) is 9.36 Å². The van der Waals surface area contributed by atoms with E-state index in [9.17, 15) is 22.3 Å². The Morgan fingerprint density at radius 1 is 1.12 bits per heavy atom. The maximum atomic E-state index is 13.5. The Labute approximate surface area is 152 Å². The third-order valence-corrected chi connectivity index (χ3v) is 6.74. The van der Waals surface area contributed by atoms with Gasteiger partial charge in [-0.3, -0.25) is 0 Å². The Bertz CT molecular complexity index is 782. The van der Waals surface area contributed by atoms with Crippen LogP contribution in [0.1, 0.15) is 11.5 Å². The predicted octanol–water partition coefficient (Wildman–Crippen LogP) is 3.74. The lowest BCUT2D eigenvalue weighted by Gasteiger charge is -2.26. The molecule has 0 amide bonds. The molecule has 2 aromatic rings. The van der Waals surface area contributed by atoms with Gasteiger partial charge in [-0.05, 0) is 29.8 Å². The van der Waals surface area contributed by atoms with Crippen LogP contribution >= 0.6 is 34.5 Å². The first-order valence-electron chi connectivity index (χ1n) is 6.66. The fourth-order valence-electron chi connectivity index (χ4n) is 2.16. The summed E-state index contributed by atoms with van der Waals surface area (Å²) in [5.41, 5.74) is 0.167. The van der Waals surface area contributed by atoms with E-state index in [4.69, 9.17) is 23.2 Å². The molecule has 0 aliphatic carbocycles. The number of thiophene rings is 1. The quantitative estimate of drug-likeness (QED) is 0.723. The number of sulfonamides is 1. The number of alkyl halides is 2. The molecule has 10 heteroatoms. The molecule has 1 aromatic carbocycles. The van der Waals surface area contributed by atoms with Crippen molar-refractivity contribution in [3.8, 4) is 0 Å². The molecule has 2 N–H and O–H groups in total. The van der Waals surface area contributed by atoms with Crippen LogP contribution < -0.4 is 4.72 Å². The summed E-state index contributed by atoms with van der Waals surface area (Å²) in [5, 5.41) is 9.83. The third-order valence-electron chi connectivity index (χ3n) is 3.28. The van der Waals surface area contributed by atoms with Gasteiger partial charge in [0.05, 0.1) is 22.9 Å². The van der Waals surface area contributed by atoms with Crippen molar-refractivity contribution < 1.29 is 22.3 Å². The van der Waals surface area contributed by atoms with Gasteiger partial charge in [0, 0.05) is 5.02 Å². The van der Waals surface area contributed by atoms with Gasteiger partial charge >= 0.3 is 0 Å². The highest BCUT2D eigenvalue weighted by Gasteiger charge is 2.34. The Kier molecular flexibility index (Phi) is 6.58. The average molecular weight is 416 g/mol. The number of benzene rings is 1. The normalized spacial score (nSPS) is 14.8. The number of halogens is 4. The molecule has 1 aromatic heterocycles. The molecule has 0 aliphatic rings. The third kappa shape index (κ3) is 4.65. The number of hydrogen-bond donors (Lipinski definition) is 2. The SMILES string of the molecule is O=S(=O)(N[C@H](CO)[C@H](c1ccc(Cl)cc1)C(F)F)c1ccc(Cl)s1. The van der Waals surface area contributed by atoms with Crippen LogP contribution in [0.3, 0.4) is 0 Å². The average Bonchev–Trinajstić information content (AvgIpc) is 2.95. The molecule has 132 valence electrons. The van der Waals surface area contributed by atoms with Gasteiger partial charge in [-0.25, -0.2) is 21.9 Å². The summed E-state index contributed by atoms with van der Waals surface area (Å²) in [6.07, 6.45) is -2.89. The zero-order valence-electron chi connectivity index (χ0n) is 12.0. The van der Waals surface area contributed by atoms with Crippen LogP contribution in [0.25, 0.3) is 0 Å². The molecule has 0 saturated heterocycles. The lowest BCUT2D eigenvalue weighted by atomic mass is 9.93. The van der Waals surface area contributed by atoms with E-state index in [0.717, 1.165) is 11.3 Å². The topological polar surface area (TPSA) is 66.4 Å². The summed E-state index contributed by atoms with van der Waals surface area (Å²) in [6, 6.07) is 6.85. The fraction of sp³-hybridized carbons (Fsp3) is 0.286. The van der Waals surface area contributed by atoms with E-state index in [0.29, 0.717) is 5.02 Å². The number of hydrogen-bond acceptors (Lipinski definition) is 4. The fourth-order valence-corrected chi connectivity index (χ4v) is 5.04. The van der Waals surface area contributed by atoms with Crippen molar-refractivity contribution in [2.24, 2.45) is 0 Å². The zero-order chi connectivity index (χ0) is 17.9. The Morgan fingerprint density at radius 3 is 2.21 bits per heavy atom. The largest absolute Gasteiger partial charge is 0.395 e. The monoisotopic (exact) mass is 415 g/mol. The zero-order valence-corrected chi connectivity index (χ0v) is 15.1. The van der Waals surface area contributed by atoms with Crippen molar-refractivity contribution in [2.45, 2.75) is 22.6 Å². The van der Waals surface area contributed by atoms with Gasteiger partial charge in [0.15, 0.2) is 0 Å². The minimum Gasteiger partial charge on any atom is -0.395 e. The van der Waals surface area contributed by atoms with Crippen molar-refractivity contribution in [3.63, 3.8) is 0 Å². The maximum absolute atomic E-state index is 13.5. The van der Waals surface area contributed by atoms with Crippen molar-refractivity contribution in [3.05, 3.63) is 51.3 Å². The second-order valence-corrected chi connectivity index (χ2v) is 8.97. The standard InChI is InChI=1S/C14H13Cl2F2NO3S2/c15-9-3-1-8(2-4-9)13(14(17)18)10(7-20)19-24(21,22)12-6-5-11(16)23-12/h1-6,10,13-14,19-20H,7H2/t10-,13+/m1/s1. The second-order valence-electron chi connectivity index (χ2n) is 4.88. The molecule has 1 heterocycles. The highest BCUT2D eigenvalue weighted by atomic mass is 35.5. The maximum Gasteiger partial charge on any atom is 0.250 e. The summed E-state index contributed by atoms with van der Waals surface area (Å²) in [7, 11) is -4.08. The van der Waals surface area contributed by atoms with Crippen molar-refractivity contribution in [2.75, 3.05) is 6.61 Å². The Hall–Kier alpha value is -0.770. The first-order chi connectivity index (χ1) is 11.2. The molecule has 0 saturated carbocycles. The Balaban J connectivity index is 2.31. The van der Waals surface area contributed by atoms with Gasteiger partial charge in [-0.1, -0.05) is 35.3 Å². The van der Waals surface area contributed by atoms with E-state index in [1.54, 1.807) is 0 Å². The molecular weight excluding hydrogens is 403 g/mol. The van der Waals surface area contributed by atoms with Crippen LogP contribution in [-0.2, 0) is 10.0 Å². The lowest BCUT2D eigenvalue weighted by Crippen LogP contribution is -2.43. The van der Waals surface area contributed by atoms with Gasteiger partial charge in [-0.15, -0.1) is 11.3 Å². The number of rotatable bonds is 7. The van der Waals surface area contributed by atoms with Crippen molar-refractivity contribution in [1.82, 2.24) is 4.72 Å². The van der Waals surface area contributed by atoms with Crippen LogP contribution in [-0.4, -0.2) is 32.6 Å². The molecule has 0 bridgehead atoms. The molecule has 0 spiro atoms. The summed E-state index contributed by atoms with van der Waals surface area (Å²) < 4.78 is 53.9. The predicted molar refractivity (Wildman–Crippen MR) is 90.7 cm³/mol. The van der Waals surface area contributed by atoms with Gasteiger partial charge in [-0.2, -0.15) is 0 Å². The van der Waals surface area contributed by atoms with Crippen LogP contribution in [0.4, 0.5) is 8.78 Å². The minimum absolute atomic E-state index is 0.116. The summed E-state index contributed by atoms with van der Waals surface area (Å²) in [5.74, 6) is -1.53. The Morgan fingerprint density at radius 2 is 1.75 bits per heavy atom. The van der Waals surface area contributed by atoms with E-state index in [2.05, 4.69) is 4.72 Å². The highest BCUT2D eigenvalue weighted by molar-refractivity contribution is 7.91. The first-order valence-corrected chi connectivity index (χ1v) is 9.72. The van der Waals surface area contributed by atoms with E-state index < -0.39 is 35.0 Å². The van der Waals surface area contributed by atoms with Crippen molar-refractivity contribution >= 4 is 44.6 Å². The highest BCUT2D eigenvalue weighted by Crippen LogP contribution is 2.30. The summed E-state index contributed by atoms with van der Waals surface area (Å²) in [6.45, 7) is -0.796. The van der Waals surface area contributed by atoms with Gasteiger partial charge in [0.25, 0.3) is 0 Å². The molecule has 0 fully saturated rings. The second kappa shape index (κ2) is 8.07. The number of aliphatic hydroxyl groups excluding tert-OH is 1. The van der Waals surface area contributed by atoms with E-state index in [1.807, 2.05) is 0 Å². The molecule has 0 radical (unpaired) electrons. The smallest absolute Gasteiger partial charge is 0.250 e. The van der Waals surface area contributed by atoms with Gasteiger partial charge in [0.2, 0.25) is 16.4 Å². The molecule has 0 aliphatic heterocycles. The van der Waals surface area contributed by atoms with E-state index >= 15 is 0 Å². The molecule has 4 nitrogen and oxygen atoms in total. The lowest BCUT2D eigenvalue weighted by molar-refractivity contribution is 0.0837. The molecule has 0 unspecified atom stereocenters. The number of aliphatic hydroxyl groups is 1. The van der Waals surface area contributed by atoms with Gasteiger partial charge in [0.1, 0.15) is 4.21 Å². The van der Waals surface area contributed by atoms with Crippen LogP contribution in [0.5, 0.6) is 0 Å². The summed E-state index contributed by atoms with van der Waals surface area (Å²) >= 11 is 12.2. The molecule has 2 atom stereocenters.